The Hall–Kier alpha value is -1.62. The largest absolute Gasteiger partial charge is 0.382 e. The Morgan fingerprint density at radius 2 is 2.10 bits per heavy atom. The fraction of sp³-hybridized carbons (Fsp3) is 0.533. The van der Waals surface area contributed by atoms with E-state index in [-0.39, 0.29) is 17.6 Å². The number of benzene rings is 1. The number of anilines is 1. The summed E-state index contributed by atoms with van der Waals surface area (Å²) in [5.74, 6) is -0.649. The predicted octanol–water partition coefficient (Wildman–Crippen LogP) is 2.33. The highest BCUT2D eigenvalue weighted by Gasteiger charge is 2.16. The molecule has 112 valence electrons. The van der Waals surface area contributed by atoms with Crippen LogP contribution in [0.4, 0.5) is 10.1 Å². The van der Waals surface area contributed by atoms with Crippen LogP contribution in [0.2, 0.25) is 0 Å². The van der Waals surface area contributed by atoms with Crippen molar-refractivity contribution in [2.24, 2.45) is 0 Å². The van der Waals surface area contributed by atoms with Crippen molar-refractivity contribution in [1.29, 1.82) is 0 Å². The third kappa shape index (κ3) is 4.81. The minimum Gasteiger partial charge on any atom is -0.382 e. The molecular weight excluding hydrogens is 257 g/mol. The molecule has 1 amide bonds. The topological polar surface area (TPSA) is 44.4 Å². The SMILES string of the molecule is CCCNc1c(F)cccc1C(=O)NC(C)CN(C)C. The molecule has 1 aromatic carbocycles. The first-order valence-corrected chi connectivity index (χ1v) is 6.93. The quantitative estimate of drug-likeness (QED) is 0.806. The van der Waals surface area contributed by atoms with E-state index >= 15 is 0 Å². The Balaban J connectivity index is 2.83. The Morgan fingerprint density at radius 1 is 1.40 bits per heavy atom. The number of para-hydroxylation sites is 1. The molecule has 1 aromatic rings. The van der Waals surface area contributed by atoms with E-state index in [0.717, 1.165) is 13.0 Å². The van der Waals surface area contributed by atoms with Crippen molar-refractivity contribution in [2.75, 3.05) is 32.5 Å². The predicted molar refractivity (Wildman–Crippen MR) is 80.7 cm³/mol. The molecule has 2 N–H and O–H groups in total. The normalized spacial score (nSPS) is 12.3. The molecule has 5 heteroatoms. The fourth-order valence-electron chi connectivity index (χ4n) is 2.04. The number of carbonyl (C=O) groups is 1. The van der Waals surface area contributed by atoms with Crippen molar-refractivity contribution in [1.82, 2.24) is 10.2 Å². The lowest BCUT2D eigenvalue weighted by molar-refractivity contribution is 0.0934. The van der Waals surface area contributed by atoms with Gasteiger partial charge in [0.15, 0.2) is 0 Å². The van der Waals surface area contributed by atoms with Gasteiger partial charge in [0.1, 0.15) is 5.82 Å². The Morgan fingerprint density at radius 3 is 2.70 bits per heavy atom. The van der Waals surface area contributed by atoms with Gasteiger partial charge < -0.3 is 15.5 Å². The van der Waals surface area contributed by atoms with E-state index in [1.54, 1.807) is 12.1 Å². The number of amides is 1. The van der Waals surface area contributed by atoms with E-state index in [2.05, 4.69) is 10.6 Å². The zero-order valence-corrected chi connectivity index (χ0v) is 12.7. The summed E-state index contributed by atoms with van der Waals surface area (Å²) in [7, 11) is 3.89. The maximum atomic E-state index is 13.8. The molecule has 0 aromatic heterocycles. The van der Waals surface area contributed by atoms with Crippen LogP contribution >= 0.6 is 0 Å². The number of likely N-dealkylation sites (N-methyl/N-ethyl adjacent to an activating group) is 1. The van der Waals surface area contributed by atoms with Gasteiger partial charge in [0, 0.05) is 19.1 Å². The van der Waals surface area contributed by atoms with Crippen LogP contribution < -0.4 is 10.6 Å². The summed E-state index contributed by atoms with van der Waals surface area (Å²) in [5, 5.41) is 5.86. The van der Waals surface area contributed by atoms with E-state index in [9.17, 15) is 9.18 Å². The number of nitrogens with zero attached hydrogens (tertiary/aromatic N) is 1. The van der Waals surface area contributed by atoms with Crippen LogP contribution in [-0.4, -0.2) is 44.0 Å². The summed E-state index contributed by atoms with van der Waals surface area (Å²) in [6.07, 6.45) is 0.867. The smallest absolute Gasteiger partial charge is 0.253 e. The van der Waals surface area contributed by atoms with Gasteiger partial charge >= 0.3 is 0 Å². The monoisotopic (exact) mass is 281 g/mol. The summed E-state index contributed by atoms with van der Waals surface area (Å²) < 4.78 is 13.8. The van der Waals surface area contributed by atoms with Crippen LogP contribution in [0.15, 0.2) is 18.2 Å². The van der Waals surface area contributed by atoms with Gasteiger partial charge in [0.2, 0.25) is 0 Å². The van der Waals surface area contributed by atoms with E-state index in [1.165, 1.54) is 6.07 Å². The average Bonchev–Trinajstić information content (AvgIpc) is 2.35. The Bertz CT molecular complexity index is 449. The van der Waals surface area contributed by atoms with E-state index in [1.807, 2.05) is 32.8 Å². The van der Waals surface area contributed by atoms with Crippen LogP contribution in [0.25, 0.3) is 0 Å². The first kappa shape index (κ1) is 16.4. The standard InChI is InChI=1S/C15H24FN3O/c1-5-9-17-14-12(7-6-8-13(14)16)15(20)18-11(2)10-19(3)4/h6-8,11,17H,5,9-10H2,1-4H3,(H,18,20). The second-order valence-electron chi connectivity index (χ2n) is 5.23. The molecular formula is C15H24FN3O. The number of hydrogen-bond donors (Lipinski definition) is 2. The van der Waals surface area contributed by atoms with E-state index < -0.39 is 5.82 Å². The molecule has 0 aliphatic carbocycles. The van der Waals surface area contributed by atoms with Crippen molar-refractivity contribution < 1.29 is 9.18 Å². The fourth-order valence-corrected chi connectivity index (χ4v) is 2.04. The number of nitrogens with one attached hydrogen (secondary N) is 2. The molecule has 0 aliphatic heterocycles. The number of hydrogen-bond acceptors (Lipinski definition) is 3. The highest BCUT2D eigenvalue weighted by Crippen LogP contribution is 2.20. The van der Waals surface area contributed by atoms with Crippen LogP contribution in [0.1, 0.15) is 30.6 Å². The third-order valence-electron chi connectivity index (χ3n) is 2.83. The zero-order valence-electron chi connectivity index (χ0n) is 12.7. The van der Waals surface area contributed by atoms with Gasteiger partial charge in [-0.1, -0.05) is 13.0 Å². The molecule has 1 atom stereocenters. The summed E-state index contributed by atoms with van der Waals surface area (Å²) in [6.45, 7) is 5.29. The molecule has 20 heavy (non-hydrogen) atoms. The molecule has 0 heterocycles. The zero-order chi connectivity index (χ0) is 15.1. The third-order valence-corrected chi connectivity index (χ3v) is 2.83. The van der Waals surface area contributed by atoms with Crippen LogP contribution in [0.3, 0.4) is 0 Å². The first-order chi connectivity index (χ1) is 9.45. The van der Waals surface area contributed by atoms with Crippen LogP contribution in [-0.2, 0) is 0 Å². The van der Waals surface area contributed by atoms with Gasteiger partial charge in [-0.2, -0.15) is 0 Å². The van der Waals surface area contributed by atoms with Crippen molar-refractivity contribution in [3.05, 3.63) is 29.6 Å². The molecule has 0 fully saturated rings. The molecule has 0 spiro atoms. The molecule has 0 aliphatic rings. The number of rotatable bonds is 7. The van der Waals surface area contributed by atoms with Crippen molar-refractivity contribution in [3.8, 4) is 0 Å². The summed E-state index contributed by atoms with van der Waals surface area (Å²) in [5.41, 5.74) is 0.632. The second kappa shape index (κ2) is 7.85. The molecule has 4 nitrogen and oxygen atoms in total. The van der Waals surface area contributed by atoms with Crippen LogP contribution in [0.5, 0.6) is 0 Å². The minimum atomic E-state index is -0.397. The number of halogens is 1. The molecule has 0 radical (unpaired) electrons. The van der Waals surface area contributed by atoms with Gasteiger partial charge in [-0.3, -0.25) is 4.79 Å². The van der Waals surface area contributed by atoms with Gasteiger partial charge in [-0.25, -0.2) is 4.39 Å². The van der Waals surface area contributed by atoms with Gasteiger partial charge in [0.05, 0.1) is 11.3 Å². The van der Waals surface area contributed by atoms with Gasteiger partial charge in [0.25, 0.3) is 5.91 Å². The van der Waals surface area contributed by atoms with Crippen molar-refractivity contribution in [3.63, 3.8) is 0 Å². The van der Waals surface area contributed by atoms with Crippen LogP contribution in [0, 0.1) is 5.82 Å². The maximum absolute atomic E-state index is 13.8. The molecule has 1 rings (SSSR count). The number of carbonyl (C=O) groups excluding carboxylic acids is 1. The summed E-state index contributed by atoms with van der Waals surface area (Å²) in [4.78, 5) is 14.2. The van der Waals surface area contributed by atoms with Crippen molar-refractivity contribution >= 4 is 11.6 Å². The summed E-state index contributed by atoms with van der Waals surface area (Å²) >= 11 is 0. The molecule has 0 saturated heterocycles. The summed E-state index contributed by atoms with van der Waals surface area (Å²) in [6, 6.07) is 4.55. The average molecular weight is 281 g/mol. The van der Waals surface area contributed by atoms with Gasteiger partial charge in [-0.15, -0.1) is 0 Å². The maximum Gasteiger partial charge on any atom is 0.253 e. The minimum absolute atomic E-state index is 0.000192. The second-order valence-corrected chi connectivity index (χ2v) is 5.23. The molecule has 1 unspecified atom stereocenters. The Labute approximate surface area is 120 Å². The highest BCUT2D eigenvalue weighted by atomic mass is 19.1. The van der Waals surface area contributed by atoms with E-state index in [4.69, 9.17) is 0 Å². The lowest BCUT2D eigenvalue weighted by Crippen LogP contribution is -2.39. The van der Waals surface area contributed by atoms with Gasteiger partial charge in [-0.05, 0) is 39.6 Å². The first-order valence-electron chi connectivity index (χ1n) is 6.93. The molecule has 0 saturated carbocycles. The van der Waals surface area contributed by atoms with Crippen molar-refractivity contribution in [2.45, 2.75) is 26.3 Å². The lowest BCUT2D eigenvalue weighted by atomic mass is 10.1. The lowest BCUT2D eigenvalue weighted by Gasteiger charge is -2.19. The highest BCUT2D eigenvalue weighted by molar-refractivity contribution is 5.99. The van der Waals surface area contributed by atoms with E-state index in [0.29, 0.717) is 12.1 Å². The Kier molecular flexibility index (Phi) is 6.45. The molecule has 0 bridgehead atoms.